The number of nitrogens with zero attached hydrogens (tertiary/aromatic N) is 2. The second-order valence-corrected chi connectivity index (χ2v) is 5.81. The fourth-order valence-electron chi connectivity index (χ4n) is 3.05. The summed E-state index contributed by atoms with van der Waals surface area (Å²) in [5, 5.41) is 3.96. The normalized spacial score (nSPS) is 19.1. The molecular formula is C17H22N2O3. The Morgan fingerprint density at radius 3 is 3.09 bits per heavy atom. The van der Waals surface area contributed by atoms with Crippen molar-refractivity contribution in [1.82, 2.24) is 10.1 Å². The lowest BCUT2D eigenvalue weighted by molar-refractivity contribution is 0.0648. The summed E-state index contributed by atoms with van der Waals surface area (Å²) in [6, 6.07) is 5.59. The van der Waals surface area contributed by atoms with Crippen LogP contribution in [-0.4, -0.2) is 22.5 Å². The van der Waals surface area contributed by atoms with E-state index in [1.54, 1.807) is 12.3 Å². The standard InChI is InChI=1S/C17H22N2O3/c1-2-7-13-12-14(18-22-13)17(20)19-10-5-3-4-8-15(19)16-9-6-11-21-16/h6,9,11-12,15H,2-5,7-8,10H2,1H3. The molecule has 1 atom stereocenters. The van der Waals surface area contributed by atoms with Gasteiger partial charge in [0.05, 0.1) is 12.3 Å². The molecule has 1 unspecified atom stereocenters. The third kappa shape index (κ3) is 3.08. The maximum atomic E-state index is 12.8. The van der Waals surface area contributed by atoms with Gasteiger partial charge in [0.2, 0.25) is 0 Å². The van der Waals surface area contributed by atoms with Crippen LogP contribution in [0, 0.1) is 0 Å². The van der Waals surface area contributed by atoms with Crippen molar-refractivity contribution in [3.8, 4) is 0 Å². The molecule has 5 nitrogen and oxygen atoms in total. The molecular weight excluding hydrogens is 280 g/mol. The lowest BCUT2D eigenvalue weighted by Crippen LogP contribution is -2.34. The predicted molar refractivity (Wildman–Crippen MR) is 81.5 cm³/mol. The minimum atomic E-state index is -0.0607. The van der Waals surface area contributed by atoms with E-state index in [1.165, 1.54) is 0 Å². The van der Waals surface area contributed by atoms with Crippen LogP contribution in [0.3, 0.4) is 0 Å². The minimum absolute atomic E-state index is 0.00340. The van der Waals surface area contributed by atoms with Gasteiger partial charge in [0.25, 0.3) is 5.91 Å². The number of carbonyl (C=O) groups excluding carboxylic acids is 1. The van der Waals surface area contributed by atoms with Crippen LogP contribution in [0.15, 0.2) is 33.4 Å². The SMILES string of the molecule is CCCc1cc(C(=O)N2CCCCCC2c2ccco2)no1. The molecule has 0 bridgehead atoms. The molecule has 0 N–H and O–H groups in total. The summed E-state index contributed by atoms with van der Waals surface area (Å²) in [6.07, 6.45) is 7.64. The molecule has 1 fully saturated rings. The Labute approximate surface area is 130 Å². The number of amides is 1. The van der Waals surface area contributed by atoms with Gasteiger partial charge >= 0.3 is 0 Å². The van der Waals surface area contributed by atoms with Crippen LogP contribution < -0.4 is 0 Å². The highest BCUT2D eigenvalue weighted by molar-refractivity contribution is 5.92. The Balaban J connectivity index is 1.83. The number of hydrogen-bond donors (Lipinski definition) is 0. The van der Waals surface area contributed by atoms with E-state index in [0.717, 1.165) is 56.6 Å². The first-order valence-corrected chi connectivity index (χ1v) is 8.09. The smallest absolute Gasteiger partial charge is 0.276 e. The van der Waals surface area contributed by atoms with Gasteiger partial charge < -0.3 is 13.8 Å². The van der Waals surface area contributed by atoms with Gasteiger partial charge in [-0.25, -0.2) is 0 Å². The van der Waals surface area contributed by atoms with Crippen molar-refractivity contribution in [1.29, 1.82) is 0 Å². The Bertz CT molecular complexity index is 603. The highest BCUT2D eigenvalue weighted by atomic mass is 16.5. The van der Waals surface area contributed by atoms with Crippen molar-refractivity contribution in [2.24, 2.45) is 0 Å². The number of aromatic nitrogens is 1. The highest BCUT2D eigenvalue weighted by Crippen LogP contribution is 2.31. The van der Waals surface area contributed by atoms with Crippen LogP contribution in [0.4, 0.5) is 0 Å². The molecule has 1 aliphatic heterocycles. The van der Waals surface area contributed by atoms with Gasteiger partial charge in [-0.2, -0.15) is 0 Å². The molecule has 3 rings (SSSR count). The van der Waals surface area contributed by atoms with Gasteiger partial charge in [-0.1, -0.05) is 24.9 Å². The van der Waals surface area contributed by atoms with Crippen LogP contribution >= 0.6 is 0 Å². The monoisotopic (exact) mass is 302 g/mol. The summed E-state index contributed by atoms with van der Waals surface area (Å²) in [6.45, 7) is 2.81. The van der Waals surface area contributed by atoms with Crippen molar-refractivity contribution in [3.05, 3.63) is 41.7 Å². The quantitative estimate of drug-likeness (QED) is 0.857. The zero-order chi connectivity index (χ0) is 15.4. The number of rotatable bonds is 4. The summed E-state index contributed by atoms with van der Waals surface area (Å²) < 4.78 is 10.8. The summed E-state index contributed by atoms with van der Waals surface area (Å²) in [7, 11) is 0. The van der Waals surface area contributed by atoms with Gasteiger partial charge in [0.1, 0.15) is 11.5 Å². The zero-order valence-corrected chi connectivity index (χ0v) is 13.0. The molecule has 5 heteroatoms. The van der Waals surface area contributed by atoms with Gasteiger partial charge in [-0.05, 0) is 31.4 Å². The molecule has 0 spiro atoms. The van der Waals surface area contributed by atoms with Crippen molar-refractivity contribution in [3.63, 3.8) is 0 Å². The lowest BCUT2D eigenvalue weighted by Gasteiger charge is -2.27. The number of carbonyl (C=O) groups is 1. The fraction of sp³-hybridized carbons (Fsp3) is 0.529. The number of hydrogen-bond acceptors (Lipinski definition) is 4. The van der Waals surface area contributed by atoms with Gasteiger partial charge in [-0.15, -0.1) is 0 Å². The molecule has 2 aromatic heterocycles. The maximum Gasteiger partial charge on any atom is 0.276 e. The predicted octanol–water partition coefficient (Wildman–Crippen LogP) is 3.98. The van der Waals surface area contributed by atoms with Crippen molar-refractivity contribution < 1.29 is 13.7 Å². The van der Waals surface area contributed by atoms with Crippen LogP contribution in [0.25, 0.3) is 0 Å². The third-order valence-corrected chi connectivity index (χ3v) is 4.16. The van der Waals surface area contributed by atoms with Crippen LogP contribution in [0.5, 0.6) is 0 Å². The summed E-state index contributed by atoms with van der Waals surface area (Å²) in [4.78, 5) is 14.7. The molecule has 3 heterocycles. The molecule has 0 saturated carbocycles. The molecule has 1 saturated heterocycles. The van der Waals surface area contributed by atoms with Crippen LogP contribution in [-0.2, 0) is 6.42 Å². The molecule has 22 heavy (non-hydrogen) atoms. The lowest BCUT2D eigenvalue weighted by atomic mass is 10.1. The first kappa shape index (κ1) is 14.9. The van der Waals surface area contributed by atoms with E-state index in [2.05, 4.69) is 12.1 Å². The summed E-state index contributed by atoms with van der Waals surface area (Å²) in [5.41, 5.74) is 0.405. The second kappa shape index (κ2) is 6.81. The first-order valence-electron chi connectivity index (χ1n) is 8.09. The Hall–Kier alpha value is -2.04. The van der Waals surface area contributed by atoms with E-state index in [9.17, 15) is 4.79 Å². The fourth-order valence-corrected chi connectivity index (χ4v) is 3.05. The minimum Gasteiger partial charge on any atom is -0.467 e. The topological polar surface area (TPSA) is 59.5 Å². The molecule has 0 aromatic carbocycles. The maximum absolute atomic E-state index is 12.8. The van der Waals surface area contributed by atoms with Crippen LogP contribution in [0.1, 0.15) is 67.1 Å². The number of aryl methyl sites for hydroxylation is 1. The van der Waals surface area contributed by atoms with Gasteiger partial charge in [-0.3, -0.25) is 4.79 Å². The van der Waals surface area contributed by atoms with Gasteiger partial charge in [0.15, 0.2) is 5.69 Å². The molecule has 118 valence electrons. The molecule has 1 aliphatic rings. The summed E-state index contributed by atoms with van der Waals surface area (Å²) in [5.74, 6) is 1.57. The van der Waals surface area contributed by atoms with E-state index in [1.807, 2.05) is 17.0 Å². The second-order valence-electron chi connectivity index (χ2n) is 5.81. The van der Waals surface area contributed by atoms with E-state index in [-0.39, 0.29) is 11.9 Å². The Kier molecular flexibility index (Phi) is 4.61. The zero-order valence-electron chi connectivity index (χ0n) is 13.0. The largest absolute Gasteiger partial charge is 0.467 e. The Morgan fingerprint density at radius 1 is 1.41 bits per heavy atom. The van der Waals surface area contributed by atoms with E-state index < -0.39 is 0 Å². The van der Waals surface area contributed by atoms with Crippen molar-refractivity contribution in [2.45, 2.75) is 51.5 Å². The molecule has 1 amide bonds. The Morgan fingerprint density at radius 2 is 2.32 bits per heavy atom. The van der Waals surface area contributed by atoms with Crippen LogP contribution in [0.2, 0.25) is 0 Å². The van der Waals surface area contributed by atoms with E-state index in [4.69, 9.17) is 8.94 Å². The average Bonchev–Trinajstić information content (AvgIpc) is 3.15. The highest BCUT2D eigenvalue weighted by Gasteiger charge is 2.30. The third-order valence-electron chi connectivity index (χ3n) is 4.16. The molecule has 0 aliphatic carbocycles. The summed E-state index contributed by atoms with van der Waals surface area (Å²) >= 11 is 0. The number of likely N-dealkylation sites (tertiary alicyclic amines) is 1. The van der Waals surface area contributed by atoms with E-state index >= 15 is 0 Å². The number of furan rings is 1. The van der Waals surface area contributed by atoms with Crippen molar-refractivity contribution in [2.75, 3.05) is 6.54 Å². The molecule has 2 aromatic rings. The average molecular weight is 302 g/mol. The van der Waals surface area contributed by atoms with Gasteiger partial charge in [0, 0.05) is 19.0 Å². The first-order chi connectivity index (χ1) is 10.8. The van der Waals surface area contributed by atoms with Crippen molar-refractivity contribution >= 4 is 5.91 Å². The van der Waals surface area contributed by atoms with E-state index in [0.29, 0.717) is 5.69 Å². The molecule has 0 radical (unpaired) electrons.